The van der Waals surface area contributed by atoms with E-state index < -0.39 is 0 Å². The highest BCUT2D eigenvalue weighted by atomic mass is 32.2. The lowest BCUT2D eigenvalue weighted by atomic mass is 9.76. The predicted octanol–water partition coefficient (Wildman–Crippen LogP) is 8.00. The molecule has 0 heterocycles. The Kier molecular flexibility index (Phi) is 7.83. The average Bonchev–Trinajstić information content (AvgIpc) is 2.56. The standard InChI is InChI=1S/C22H42S/c1-5-7-15-21(17-11-9-13-19(21)3)23-22(16-8-6-2)18-12-10-14-20(22)4/h19-20H,5-18H2,1-4H3. The minimum Gasteiger partial charge on any atom is -0.148 e. The van der Waals surface area contributed by atoms with E-state index in [0.717, 1.165) is 11.8 Å². The third kappa shape index (κ3) is 4.71. The number of rotatable bonds is 8. The normalized spacial score (nSPS) is 38.6. The first-order valence-electron chi connectivity index (χ1n) is 10.8. The quantitative estimate of drug-likeness (QED) is 0.432. The fourth-order valence-corrected chi connectivity index (χ4v) is 7.71. The molecule has 136 valence electrons. The molecule has 0 amide bonds. The van der Waals surface area contributed by atoms with Gasteiger partial charge in [-0.25, -0.2) is 0 Å². The van der Waals surface area contributed by atoms with Crippen molar-refractivity contribution in [1.29, 1.82) is 0 Å². The van der Waals surface area contributed by atoms with Crippen LogP contribution >= 0.6 is 11.8 Å². The number of thioether (sulfide) groups is 1. The molecule has 23 heavy (non-hydrogen) atoms. The van der Waals surface area contributed by atoms with Crippen LogP contribution in [0.4, 0.5) is 0 Å². The molecule has 0 aliphatic heterocycles. The molecule has 2 saturated carbocycles. The predicted molar refractivity (Wildman–Crippen MR) is 107 cm³/mol. The fourth-order valence-electron chi connectivity index (χ4n) is 5.27. The SMILES string of the molecule is CCCCC1(SC2(CCCC)CCCCC2C)CCCCC1C. The minimum absolute atomic E-state index is 0.605. The Morgan fingerprint density at radius 1 is 0.739 bits per heavy atom. The summed E-state index contributed by atoms with van der Waals surface area (Å²) in [5.74, 6) is 1.86. The molecule has 0 saturated heterocycles. The van der Waals surface area contributed by atoms with E-state index in [9.17, 15) is 0 Å². The van der Waals surface area contributed by atoms with Crippen LogP contribution in [-0.4, -0.2) is 9.49 Å². The van der Waals surface area contributed by atoms with Crippen LogP contribution in [0.2, 0.25) is 0 Å². The molecule has 0 nitrogen and oxygen atoms in total. The Bertz CT molecular complexity index is 307. The molecule has 2 aliphatic rings. The molecule has 0 aromatic heterocycles. The summed E-state index contributed by atoms with van der Waals surface area (Å²) in [6.07, 6.45) is 20.5. The van der Waals surface area contributed by atoms with Crippen LogP contribution in [-0.2, 0) is 0 Å². The van der Waals surface area contributed by atoms with E-state index in [4.69, 9.17) is 0 Å². The van der Waals surface area contributed by atoms with Crippen LogP contribution in [0, 0.1) is 11.8 Å². The summed E-state index contributed by atoms with van der Waals surface area (Å²) in [5.41, 5.74) is 0. The summed E-state index contributed by atoms with van der Waals surface area (Å²) in [7, 11) is 0. The molecule has 2 fully saturated rings. The van der Waals surface area contributed by atoms with Gasteiger partial charge in [0.05, 0.1) is 0 Å². The Morgan fingerprint density at radius 2 is 1.17 bits per heavy atom. The van der Waals surface area contributed by atoms with Crippen molar-refractivity contribution < 1.29 is 0 Å². The van der Waals surface area contributed by atoms with Gasteiger partial charge in [-0.3, -0.25) is 0 Å². The minimum atomic E-state index is 0.605. The van der Waals surface area contributed by atoms with Crippen molar-refractivity contribution in [2.24, 2.45) is 11.8 Å². The lowest BCUT2D eigenvalue weighted by Gasteiger charge is -2.52. The van der Waals surface area contributed by atoms with Crippen molar-refractivity contribution in [3.63, 3.8) is 0 Å². The van der Waals surface area contributed by atoms with Gasteiger partial charge < -0.3 is 0 Å². The van der Waals surface area contributed by atoms with E-state index in [-0.39, 0.29) is 0 Å². The molecule has 0 aromatic rings. The fraction of sp³-hybridized carbons (Fsp3) is 1.00. The first-order chi connectivity index (χ1) is 11.1. The van der Waals surface area contributed by atoms with E-state index in [2.05, 4.69) is 39.5 Å². The van der Waals surface area contributed by atoms with Crippen molar-refractivity contribution in [3.05, 3.63) is 0 Å². The Balaban J connectivity index is 2.21. The van der Waals surface area contributed by atoms with Crippen LogP contribution in [0.25, 0.3) is 0 Å². The largest absolute Gasteiger partial charge is 0.148 e. The molecule has 0 aromatic carbocycles. The van der Waals surface area contributed by atoms with E-state index in [1.807, 2.05) is 0 Å². The highest BCUT2D eigenvalue weighted by Gasteiger charge is 2.48. The zero-order valence-corrected chi connectivity index (χ0v) is 17.3. The van der Waals surface area contributed by atoms with Gasteiger partial charge in [-0.05, 0) is 50.4 Å². The van der Waals surface area contributed by atoms with Crippen molar-refractivity contribution in [2.75, 3.05) is 0 Å². The van der Waals surface area contributed by atoms with Crippen LogP contribution in [0.15, 0.2) is 0 Å². The van der Waals surface area contributed by atoms with Gasteiger partial charge in [0.25, 0.3) is 0 Å². The van der Waals surface area contributed by atoms with Gasteiger partial charge in [-0.1, -0.05) is 79.1 Å². The van der Waals surface area contributed by atoms with E-state index in [1.165, 1.54) is 89.9 Å². The summed E-state index contributed by atoms with van der Waals surface area (Å²) >= 11 is 2.53. The molecule has 2 aliphatic carbocycles. The van der Waals surface area contributed by atoms with Gasteiger partial charge in [-0.15, -0.1) is 11.8 Å². The molecule has 4 atom stereocenters. The van der Waals surface area contributed by atoms with Gasteiger partial charge in [0.2, 0.25) is 0 Å². The van der Waals surface area contributed by atoms with Crippen molar-refractivity contribution in [1.82, 2.24) is 0 Å². The second kappa shape index (κ2) is 9.16. The average molecular weight is 339 g/mol. The zero-order valence-electron chi connectivity index (χ0n) is 16.5. The van der Waals surface area contributed by atoms with Crippen LogP contribution in [0.5, 0.6) is 0 Å². The molecule has 4 unspecified atom stereocenters. The lowest BCUT2D eigenvalue weighted by Crippen LogP contribution is -2.46. The first kappa shape index (κ1) is 19.7. The molecule has 0 spiro atoms. The van der Waals surface area contributed by atoms with Crippen LogP contribution in [0.1, 0.15) is 118 Å². The molecule has 0 N–H and O–H groups in total. The van der Waals surface area contributed by atoms with Crippen molar-refractivity contribution in [3.8, 4) is 0 Å². The summed E-state index contributed by atoms with van der Waals surface area (Å²) in [6, 6.07) is 0. The molecular formula is C22H42S. The first-order valence-corrected chi connectivity index (χ1v) is 11.6. The lowest BCUT2D eigenvalue weighted by molar-refractivity contribution is 0.244. The van der Waals surface area contributed by atoms with Gasteiger partial charge >= 0.3 is 0 Å². The van der Waals surface area contributed by atoms with Crippen LogP contribution < -0.4 is 0 Å². The Morgan fingerprint density at radius 3 is 1.52 bits per heavy atom. The third-order valence-corrected chi connectivity index (χ3v) is 9.52. The molecule has 0 radical (unpaired) electrons. The Labute approximate surface area is 151 Å². The molecular weight excluding hydrogens is 296 g/mol. The molecule has 2 rings (SSSR count). The Hall–Kier alpha value is 0.350. The smallest absolute Gasteiger partial charge is 0.0191 e. The second-order valence-corrected chi connectivity index (χ2v) is 10.6. The number of hydrogen-bond acceptors (Lipinski definition) is 1. The highest BCUT2D eigenvalue weighted by molar-refractivity contribution is 8.02. The molecule has 0 bridgehead atoms. The maximum atomic E-state index is 2.59. The highest BCUT2D eigenvalue weighted by Crippen LogP contribution is 2.58. The summed E-state index contributed by atoms with van der Waals surface area (Å²) in [6.45, 7) is 9.93. The topological polar surface area (TPSA) is 0 Å². The number of unbranched alkanes of at least 4 members (excludes halogenated alkanes) is 2. The third-order valence-electron chi connectivity index (χ3n) is 7.08. The molecule has 1 heteroatoms. The van der Waals surface area contributed by atoms with Crippen LogP contribution in [0.3, 0.4) is 0 Å². The van der Waals surface area contributed by atoms with Gasteiger partial charge in [0.15, 0.2) is 0 Å². The van der Waals surface area contributed by atoms with Gasteiger partial charge in [0, 0.05) is 9.49 Å². The monoisotopic (exact) mass is 338 g/mol. The zero-order chi connectivity index (χ0) is 16.8. The van der Waals surface area contributed by atoms with Gasteiger partial charge in [-0.2, -0.15) is 0 Å². The van der Waals surface area contributed by atoms with Crippen molar-refractivity contribution in [2.45, 2.75) is 127 Å². The number of hydrogen-bond donors (Lipinski definition) is 0. The summed E-state index contributed by atoms with van der Waals surface area (Å²) in [5, 5.41) is 0. The van der Waals surface area contributed by atoms with Gasteiger partial charge in [0.1, 0.15) is 0 Å². The van der Waals surface area contributed by atoms with E-state index >= 15 is 0 Å². The summed E-state index contributed by atoms with van der Waals surface area (Å²) in [4.78, 5) is 0. The van der Waals surface area contributed by atoms with Crippen molar-refractivity contribution >= 4 is 11.8 Å². The van der Waals surface area contributed by atoms with E-state index in [0.29, 0.717) is 9.49 Å². The maximum absolute atomic E-state index is 2.59. The second-order valence-electron chi connectivity index (χ2n) is 8.73. The summed E-state index contributed by atoms with van der Waals surface area (Å²) < 4.78 is 1.21. The maximum Gasteiger partial charge on any atom is 0.0191 e. The van der Waals surface area contributed by atoms with E-state index in [1.54, 1.807) is 0 Å².